The van der Waals surface area contributed by atoms with Gasteiger partial charge >= 0.3 is 6.03 Å². The molecule has 8 heteroatoms. The van der Waals surface area contributed by atoms with Gasteiger partial charge in [0.1, 0.15) is 17.9 Å². The highest BCUT2D eigenvalue weighted by Crippen LogP contribution is 2.39. The lowest BCUT2D eigenvalue weighted by Crippen LogP contribution is -2.45. The molecule has 3 aromatic rings. The third-order valence-electron chi connectivity index (χ3n) is 6.54. The molecule has 2 heterocycles. The summed E-state index contributed by atoms with van der Waals surface area (Å²) in [7, 11) is 0. The molecule has 174 valence electrons. The van der Waals surface area contributed by atoms with E-state index in [0.717, 1.165) is 40.2 Å². The summed E-state index contributed by atoms with van der Waals surface area (Å²) in [6.45, 7) is -0.391. The topological polar surface area (TPSA) is 78.5 Å². The molecule has 0 saturated carbocycles. The van der Waals surface area contributed by atoms with Gasteiger partial charge in [0.05, 0.1) is 6.04 Å². The number of urea groups is 1. The van der Waals surface area contributed by atoms with E-state index in [0.29, 0.717) is 12.0 Å². The van der Waals surface area contributed by atoms with Crippen LogP contribution in [0.5, 0.6) is 0 Å². The predicted molar refractivity (Wildman–Crippen MR) is 127 cm³/mol. The zero-order valence-corrected chi connectivity index (χ0v) is 19.2. The van der Waals surface area contributed by atoms with Gasteiger partial charge in [-0.1, -0.05) is 42.5 Å². The number of hydrogen-bond acceptors (Lipinski definition) is 4. The lowest BCUT2D eigenvalue weighted by atomic mass is 9.84. The molecule has 1 saturated heterocycles. The number of carbonyl (C=O) groups excluding carboxylic acids is 3. The number of nitrogens with zero attached hydrogens (tertiary/aromatic N) is 1. The van der Waals surface area contributed by atoms with Crippen LogP contribution in [-0.2, 0) is 21.5 Å². The van der Waals surface area contributed by atoms with Crippen molar-refractivity contribution in [1.29, 1.82) is 0 Å². The average Bonchev–Trinajstić information content (AvgIpc) is 3.39. The predicted octanol–water partition coefficient (Wildman–Crippen LogP) is 4.27. The van der Waals surface area contributed by atoms with E-state index in [1.54, 1.807) is 12.1 Å². The number of fused-ring (bicyclic) bond motifs is 2. The summed E-state index contributed by atoms with van der Waals surface area (Å²) in [5, 5.41) is 7.72. The van der Waals surface area contributed by atoms with Crippen LogP contribution in [0, 0.1) is 5.82 Å². The van der Waals surface area contributed by atoms with Crippen molar-refractivity contribution in [3.63, 3.8) is 0 Å². The Kier molecular flexibility index (Phi) is 5.91. The van der Waals surface area contributed by atoms with Crippen molar-refractivity contribution in [3.8, 4) is 0 Å². The molecule has 4 amide bonds. The van der Waals surface area contributed by atoms with Gasteiger partial charge < -0.3 is 10.6 Å². The maximum absolute atomic E-state index is 13.6. The van der Waals surface area contributed by atoms with Gasteiger partial charge in [-0.3, -0.25) is 14.5 Å². The van der Waals surface area contributed by atoms with Crippen molar-refractivity contribution >= 4 is 29.2 Å². The first-order chi connectivity index (χ1) is 16.5. The molecule has 1 aromatic heterocycles. The minimum absolute atomic E-state index is 0.367. The van der Waals surface area contributed by atoms with Gasteiger partial charge in [0.15, 0.2) is 0 Å². The lowest BCUT2D eigenvalue weighted by molar-refractivity contribution is -0.135. The molecule has 5 rings (SSSR count). The molecule has 2 N–H and O–H groups in total. The highest BCUT2D eigenvalue weighted by atomic mass is 32.1. The third kappa shape index (κ3) is 3.98. The number of carbonyl (C=O) groups is 3. The molecule has 1 aliphatic heterocycles. The van der Waals surface area contributed by atoms with Gasteiger partial charge in [-0.05, 0) is 66.0 Å². The Morgan fingerprint density at radius 1 is 1.09 bits per heavy atom. The van der Waals surface area contributed by atoms with E-state index in [9.17, 15) is 18.8 Å². The van der Waals surface area contributed by atoms with Crippen molar-refractivity contribution < 1.29 is 18.8 Å². The van der Waals surface area contributed by atoms with Gasteiger partial charge in [-0.15, -0.1) is 11.3 Å². The number of amides is 4. The lowest BCUT2D eigenvalue weighted by Gasteiger charge is -2.27. The molecule has 2 atom stereocenters. The minimum atomic E-state index is -1.13. The van der Waals surface area contributed by atoms with Crippen molar-refractivity contribution in [3.05, 3.63) is 93.4 Å². The van der Waals surface area contributed by atoms with Crippen LogP contribution in [0.4, 0.5) is 9.18 Å². The van der Waals surface area contributed by atoms with Crippen LogP contribution in [0.3, 0.4) is 0 Å². The number of hydrogen-bond donors (Lipinski definition) is 2. The molecule has 1 fully saturated rings. The summed E-state index contributed by atoms with van der Waals surface area (Å²) in [6.07, 6.45) is 3.08. The first kappa shape index (κ1) is 22.3. The van der Waals surface area contributed by atoms with E-state index in [1.807, 2.05) is 41.8 Å². The molecule has 1 aliphatic carbocycles. The first-order valence-electron chi connectivity index (χ1n) is 11.3. The molecule has 2 aliphatic rings. The fraction of sp³-hybridized carbons (Fsp3) is 0.269. The summed E-state index contributed by atoms with van der Waals surface area (Å²) < 4.78 is 13.4. The normalized spacial score (nSPS) is 20.6. The Labute approximate surface area is 200 Å². The highest BCUT2D eigenvalue weighted by Gasteiger charge is 2.53. The van der Waals surface area contributed by atoms with Gasteiger partial charge in [0, 0.05) is 4.88 Å². The van der Waals surface area contributed by atoms with Crippen LogP contribution in [0.1, 0.15) is 46.9 Å². The summed E-state index contributed by atoms with van der Waals surface area (Å²) in [5.41, 5.74) is 1.45. The monoisotopic (exact) mass is 477 g/mol. The number of benzene rings is 2. The van der Waals surface area contributed by atoms with Crippen LogP contribution in [0.2, 0.25) is 0 Å². The highest BCUT2D eigenvalue weighted by molar-refractivity contribution is 7.10. The second-order valence-corrected chi connectivity index (χ2v) is 9.64. The van der Waals surface area contributed by atoms with Crippen molar-refractivity contribution in [2.24, 2.45) is 0 Å². The molecule has 2 aromatic carbocycles. The molecule has 34 heavy (non-hydrogen) atoms. The quantitative estimate of drug-likeness (QED) is 0.539. The number of nitrogens with one attached hydrogen (secondary N) is 2. The van der Waals surface area contributed by atoms with Crippen LogP contribution in [-0.4, -0.2) is 29.3 Å². The number of imide groups is 1. The van der Waals surface area contributed by atoms with Crippen LogP contribution in [0.15, 0.2) is 66.0 Å². The smallest absolute Gasteiger partial charge is 0.325 e. The second-order valence-electron chi connectivity index (χ2n) is 8.66. The van der Waals surface area contributed by atoms with Crippen LogP contribution in [0.25, 0.3) is 0 Å². The molecule has 0 unspecified atom stereocenters. The average molecular weight is 478 g/mol. The van der Waals surface area contributed by atoms with Gasteiger partial charge in [0.25, 0.3) is 5.91 Å². The summed E-state index contributed by atoms with van der Waals surface area (Å²) >= 11 is 1.46. The van der Waals surface area contributed by atoms with Crippen molar-refractivity contribution in [2.75, 3.05) is 6.54 Å². The Bertz CT molecular complexity index is 1230. The molecule has 6 nitrogen and oxygen atoms in total. The van der Waals surface area contributed by atoms with E-state index in [1.165, 1.54) is 23.5 Å². The van der Waals surface area contributed by atoms with E-state index < -0.39 is 36.0 Å². The molecular formula is C26H24FN3O3S. The van der Waals surface area contributed by atoms with Crippen LogP contribution < -0.4 is 10.6 Å². The van der Waals surface area contributed by atoms with E-state index in [2.05, 4.69) is 10.6 Å². The van der Waals surface area contributed by atoms with Gasteiger partial charge in [-0.25, -0.2) is 9.18 Å². The zero-order chi connectivity index (χ0) is 23.7. The third-order valence-corrected chi connectivity index (χ3v) is 7.48. The molecule has 0 bridgehead atoms. The largest absolute Gasteiger partial charge is 0.343 e. The summed E-state index contributed by atoms with van der Waals surface area (Å²) in [4.78, 5) is 41.4. The number of halogens is 1. The maximum Gasteiger partial charge on any atom is 0.325 e. The Hall–Kier alpha value is -3.52. The van der Waals surface area contributed by atoms with Crippen molar-refractivity contribution in [2.45, 2.75) is 37.3 Å². The molecule has 1 spiro atoms. The Morgan fingerprint density at radius 2 is 1.88 bits per heavy atom. The Balaban J connectivity index is 1.38. The minimum Gasteiger partial charge on any atom is -0.343 e. The summed E-state index contributed by atoms with van der Waals surface area (Å²) in [6, 6.07) is 16.3. The number of rotatable bonds is 5. The van der Waals surface area contributed by atoms with E-state index >= 15 is 0 Å². The number of thiophene rings is 1. The first-order valence-corrected chi connectivity index (χ1v) is 12.2. The van der Waals surface area contributed by atoms with E-state index in [-0.39, 0.29) is 5.82 Å². The Morgan fingerprint density at radius 3 is 2.65 bits per heavy atom. The van der Waals surface area contributed by atoms with Gasteiger partial charge in [0.2, 0.25) is 5.91 Å². The zero-order valence-electron chi connectivity index (χ0n) is 18.4. The molecule has 0 radical (unpaired) electrons. The fourth-order valence-electron chi connectivity index (χ4n) is 4.90. The van der Waals surface area contributed by atoms with Gasteiger partial charge in [-0.2, -0.15) is 0 Å². The second kappa shape index (κ2) is 9.02. The number of aryl methyl sites for hydroxylation is 1. The van der Waals surface area contributed by atoms with Crippen molar-refractivity contribution in [1.82, 2.24) is 15.5 Å². The standard InChI is InChI=1S/C26H24FN3O3S/c27-19-12-10-18(11-13-19)23(21-9-5-15-34-21)28-22(31)16-30-24(32)26(29-25(30)33)14-4-3-7-17-6-1-2-8-20(17)26/h1-2,5-6,8-13,15,23H,3-4,7,14,16H2,(H,28,31)(H,29,33)/t23-,26+/m0/s1. The molecular weight excluding hydrogens is 453 g/mol. The van der Waals surface area contributed by atoms with E-state index in [4.69, 9.17) is 0 Å². The summed E-state index contributed by atoms with van der Waals surface area (Å²) in [5.74, 6) is -1.23. The van der Waals surface area contributed by atoms with Crippen LogP contribution >= 0.6 is 11.3 Å². The SMILES string of the molecule is O=C(CN1C(=O)N[C@@]2(CCCCc3ccccc32)C1=O)N[C@@H](c1ccc(F)cc1)c1cccs1. The fourth-order valence-corrected chi connectivity index (χ4v) is 5.70. The maximum atomic E-state index is 13.6.